The number of aliphatic hydroxyl groups is 1. The zero-order chi connectivity index (χ0) is 9.84. The Hall–Kier alpha value is -0.410. The van der Waals surface area contributed by atoms with Gasteiger partial charge in [-0.3, -0.25) is 0 Å². The highest BCUT2D eigenvalue weighted by molar-refractivity contribution is 9.10. The first-order valence-corrected chi connectivity index (χ1v) is 5.07. The van der Waals surface area contributed by atoms with Gasteiger partial charge in [0.05, 0.1) is 10.6 Å². The SMILES string of the molecule is CCC[C@H](O)c1ccc(F)c(Br)c1. The predicted molar refractivity (Wildman–Crippen MR) is 54.0 cm³/mol. The largest absolute Gasteiger partial charge is 0.388 e. The molecule has 0 bridgehead atoms. The molecule has 0 heterocycles. The molecule has 0 unspecified atom stereocenters. The molecule has 0 saturated carbocycles. The van der Waals surface area contributed by atoms with Crippen LogP contribution in [0.3, 0.4) is 0 Å². The van der Waals surface area contributed by atoms with Crippen LogP contribution in [-0.2, 0) is 0 Å². The molecule has 72 valence electrons. The van der Waals surface area contributed by atoms with Gasteiger partial charge < -0.3 is 5.11 Å². The van der Waals surface area contributed by atoms with E-state index in [-0.39, 0.29) is 5.82 Å². The first-order chi connectivity index (χ1) is 6.15. The molecule has 0 fully saturated rings. The monoisotopic (exact) mass is 246 g/mol. The predicted octanol–water partition coefficient (Wildman–Crippen LogP) is 3.42. The van der Waals surface area contributed by atoms with E-state index in [2.05, 4.69) is 15.9 Å². The molecule has 0 aliphatic carbocycles. The minimum atomic E-state index is -0.484. The van der Waals surface area contributed by atoms with Crippen molar-refractivity contribution in [1.82, 2.24) is 0 Å². The average Bonchev–Trinajstić information content (AvgIpc) is 2.10. The van der Waals surface area contributed by atoms with Gasteiger partial charge in [-0.15, -0.1) is 0 Å². The lowest BCUT2D eigenvalue weighted by Gasteiger charge is -2.09. The number of aliphatic hydroxyl groups excluding tert-OH is 1. The van der Waals surface area contributed by atoms with E-state index >= 15 is 0 Å². The molecule has 1 nitrogen and oxygen atoms in total. The van der Waals surface area contributed by atoms with Gasteiger partial charge in [0.1, 0.15) is 5.82 Å². The van der Waals surface area contributed by atoms with Crippen molar-refractivity contribution in [3.8, 4) is 0 Å². The van der Waals surface area contributed by atoms with Crippen molar-refractivity contribution >= 4 is 15.9 Å². The van der Waals surface area contributed by atoms with E-state index in [9.17, 15) is 9.50 Å². The highest BCUT2D eigenvalue weighted by Gasteiger charge is 2.08. The van der Waals surface area contributed by atoms with Crippen LogP contribution in [0.4, 0.5) is 4.39 Å². The molecule has 3 heteroatoms. The van der Waals surface area contributed by atoms with E-state index in [0.29, 0.717) is 10.9 Å². The van der Waals surface area contributed by atoms with Gasteiger partial charge in [-0.1, -0.05) is 19.4 Å². The van der Waals surface area contributed by atoms with Crippen molar-refractivity contribution in [1.29, 1.82) is 0 Å². The molecule has 0 saturated heterocycles. The van der Waals surface area contributed by atoms with Crippen LogP contribution in [0, 0.1) is 5.82 Å². The molecule has 1 atom stereocenters. The van der Waals surface area contributed by atoms with E-state index in [1.807, 2.05) is 6.92 Å². The van der Waals surface area contributed by atoms with E-state index in [1.165, 1.54) is 6.07 Å². The van der Waals surface area contributed by atoms with Gasteiger partial charge in [0, 0.05) is 0 Å². The maximum absolute atomic E-state index is 12.8. The lowest BCUT2D eigenvalue weighted by atomic mass is 10.1. The summed E-state index contributed by atoms with van der Waals surface area (Å²) in [5.74, 6) is -0.299. The van der Waals surface area contributed by atoms with Crippen LogP contribution < -0.4 is 0 Å². The molecule has 0 aromatic heterocycles. The van der Waals surface area contributed by atoms with Gasteiger partial charge >= 0.3 is 0 Å². The molecule has 0 radical (unpaired) electrons. The van der Waals surface area contributed by atoms with Crippen LogP contribution in [0.15, 0.2) is 22.7 Å². The Morgan fingerprint density at radius 2 is 2.23 bits per heavy atom. The molecule has 0 spiro atoms. The standard InChI is InChI=1S/C10H12BrFO/c1-2-3-10(13)7-4-5-9(12)8(11)6-7/h4-6,10,13H,2-3H2,1H3/t10-/m0/s1. The van der Waals surface area contributed by atoms with E-state index < -0.39 is 6.10 Å². The lowest BCUT2D eigenvalue weighted by Crippen LogP contribution is -1.96. The van der Waals surface area contributed by atoms with Crippen LogP contribution in [-0.4, -0.2) is 5.11 Å². The Morgan fingerprint density at radius 1 is 1.54 bits per heavy atom. The molecule has 1 aromatic rings. The molecule has 1 N–H and O–H groups in total. The normalized spacial score (nSPS) is 12.9. The summed E-state index contributed by atoms with van der Waals surface area (Å²) in [6.07, 6.45) is 1.13. The number of rotatable bonds is 3. The quantitative estimate of drug-likeness (QED) is 0.867. The smallest absolute Gasteiger partial charge is 0.137 e. The molecular weight excluding hydrogens is 235 g/mol. The van der Waals surface area contributed by atoms with E-state index in [1.54, 1.807) is 12.1 Å². The summed E-state index contributed by atoms with van der Waals surface area (Å²) >= 11 is 3.08. The number of hydrogen-bond donors (Lipinski definition) is 1. The summed E-state index contributed by atoms with van der Waals surface area (Å²) in [5.41, 5.74) is 0.759. The topological polar surface area (TPSA) is 20.2 Å². The van der Waals surface area contributed by atoms with Crippen LogP contribution >= 0.6 is 15.9 Å². The van der Waals surface area contributed by atoms with Crippen LogP contribution in [0.2, 0.25) is 0 Å². The fraction of sp³-hybridized carbons (Fsp3) is 0.400. The first kappa shape index (κ1) is 10.7. The van der Waals surface area contributed by atoms with Gasteiger partial charge in [-0.25, -0.2) is 4.39 Å². The van der Waals surface area contributed by atoms with E-state index in [0.717, 1.165) is 12.0 Å². The second-order valence-corrected chi connectivity index (χ2v) is 3.83. The van der Waals surface area contributed by atoms with Crippen LogP contribution in [0.5, 0.6) is 0 Å². The summed E-state index contributed by atoms with van der Waals surface area (Å²) in [7, 11) is 0. The minimum absolute atomic E-state index is 0.299. The van der Waals surface area contributed by atoms with Crippen molar-refractivity contribution < 1.29 is 9.50 Å². The number of benzene rings is 1. The van der Waals surface area contributed by atoms with Crippen LogP contribution in [0.1, 0.15) is 31.4 Å². The summed E-state index contributed by atoms with van der Waals surface area (Å²) in [6, 6.07) is 4.59. The highest BCUT2D eigenvalue weighted by atomic mass is 79.9. The van der Waals surface area contributed by atoms with Gasteiger partial charge in [-0.05, 0) is 40.0 Å². The third-order valence-corrected chi connectivity index (χ3v) is 2.50. The Bertz CT molecular complexity index is 288. The summed E-state index contributed by atoms with van der Waals surface area (Å²) in [5, 5.41) is 9.59. The minimum Gasteiger partial charge on any atom is -0.388 e. The molecule has 0 aliphatic heterocycles. The fourth-order valence-corrected chi connectivity index (χ4v) is 1.56. The van der Waals surface area contributed by atoms with E-state index in [4.69, 9.17) is 0 Å². The summed E-state index contributed by atoms with van der Waals surface area (Å²) in [6.45, 7) is 2.00. The maximum Gasteiger partial charge on any atom is 0.137 e. The highest BCUT2D eigenvalue weighted by Crippen LogP contribution is 2.23. The van der Waals surface area contributed by atoms with Crippen molar-refractivity contribution in [2.45, 2.75) is 25.9 Å². The van der Waals surface area contributed by atoms with Crippen molar-refractivity contribution in [3.05, 3.63) is 34.1 Å². The Labute approximate surface area is 85.7 Å². The molecular formula is C10H12BrFO. The molecule has 0 aliphatic rings. The molecule has 13 heavy (non-hydrogen) atoms. The summed E-state index contributed by atoms with van der Waals surface area (Å²) in [4.78, 5) is 0. The van der Waals surface area contributed by atoms with Gasteiger partial charge in [0.15, 0.2) is 0 Å². The zero-order valence-corrected chi connectivity index (χ0v) is 9.01. The maximum atomic E-state index is 12.8. The Kier molecular flexibility index (Phi) is 3.88. The van der Waals surface area contributed by atoms with Crippen molar-refractivity contribution in [2.24, 2.45) is 0 Å². The zero-order valence-electron chi connectivity index (χ0n) is 7.43. The lowest BCUT2D eigenvalue weighted by molar-refractivity contribution is 0.166. The second-order valence-electron chi connectivity index (χ2n) is 2.98. The molecule has 1 aromatic carbocycles. The number of halogens is 2. The van der Waals surface area contributed by atoms with Gasteiger partial charge in [-0.2, -0.15) is 0 Å². The fourth-order valence-electron chi connectivity index (χ4n) is 1.16. The Morgan fingerprint density at radius 3 is 2.77 bits per heavy atom. The third-order valence-electron chi connectivity index (χ3n) is 1.89. The average molecular weight is 247 g/mol. The van der Waals surface area contributed by atoms with Crippen molar-refractivity contribution in [2.75, 3.05) is 0 Å². The van der Waals surface area contributed by atoms with Crippen LogP contribution in [0.25, 0.3) is 0 Å². The number of hydrogen-bond acceptors (Lipinski definition) is 1. The van der Waals surface area contributed by atoms with Crippen molar-refractivity contribution in [3.63, 3.8) is 0 Å². The van der Waals surface area contributed by atoms with Gasteiger partial charge in [0.25, 0.3) is 0 Å². The van der Waals surface area contributed by atoms with Gasteiger partial charge in [0.2, 0.25) is 0 Å². The Balaban J connectivity index is 2.84. The molecule has 1 rings (SSSR count). The summed E-state index contributed by atoms with van der Waals surface area (Å²) < 4.78 is 13.2. The first-order valence-electron chi connectivity index (χ1n) is 4.28. The third kappa shape index (κ3) is 2.78. The molecule has 0 amide bonds. The second kappa shape index (κ2) is 4.72.